The lowest BCUT2D eigenvalue weighted by atomic mass is 9.77. The fourth-order valence-electron chi connectivity index (χ4n) is 7.14. The number of nitrogens with zero attached hydrogens (tertiary/aromatic N) is 1. The van der Waals surface area contributed by atoms with Crippen LogP contribution in [0.4, 0.5) is 0 Å². The van der Waals surface area contributed by atoms with E-state index in [1.54, 1.807) is 19.3 Å². The van der Waals surface area contributed by atoms with E-state index in [4.69, 9.17) is 23.7 Å². The minimum Gasteiger partial charge on any atom is -0.462 e. The van der Waals surface area contributed by atoms with Gasteiger partial charge in [-0.3, -0.25) is 9.59 Å². The zero-order valence-electron chi connectivity index (χ0n) is 30.2. The van der Waals surface area contributed by atoms with Crippen LogP contribution in [0.3, 0.4) is 0 Å². The number of rotatable bonds is 9. The smallest absolute Gasteiger partial charge is 0.306 e. The van der Waals surface area contributed by atoms with E-state index in [1.807, 2.05) is 26.8 Å². The molecule has 0 bridgehead atoms. The van der Waals surface area contributed by atoms with Gasteiger partial charge in [0.25, 0.3) is 0 Å². The number of allylic oxidation sites excluding steroid dienone is 2. The maximum absolute atomic E-state index is 13.8. The summed E-state index contributed by atoms with van der Waals surface area (Å²) in [6, 6.07) is 0.0784. The molecule has 8 nitrogen and oxygen atoms in total. The third kappa shape index (κ3) is 10.3. The minimum atomic E-state index is -1.11. The van der Waals surface area contributed by atoms with Gasteiger partial charge in [0, 0.05) is 31.4 Å². The van der Waals surface area contributed by atoms with Crippen molar-refractivity contribution in [2.45, 2.75) is 130 Å². The number of ketones is 1. The van der Waals surface area contributed by atoms with E-state index in [0.29, 0.717) is 12.8 Å². The van der Waals surface area contributed by atoms with Gasteiger partial charge in [-0.05, 0) is 78.0 Å². The first kappa shape index (κ1) is 39.3. The molecule has 12 atom stereocenters. The number of hydrogen-bond donors (Lipinski definition) is 0. The number of ether oxygens (including phenoxy) is 5. The SMILES string of the molecule is C=CCOC1(C)C[C@H](C)[C@H](OC2OC(C)C(C)C(N(C)C)C2OC)[C@@H](C)[C@H](C)CC(=O)O[C@H](CC)[C@@H](CC)/C=C(C)/C=C/C1=O. The molecule has 2 aliphatic rings. The summed E-state index contributed by atoms with van der Waals surface area (Å²) in [5, 5.41) is 0. The Hall–Kier alpha value is -1.84. The molecule has 0 aromatic rings. The molecule has 0 amide bonds. The average molecular weight is 634 g/mol. The van der Waals surface area contributed by atoms with Crippen molar-refractivity contribution < 1.29 is 33.3 Å². The Kier molecular flexibility index (Phi) is 15.7. The molecule has 0 radical (unpaired) electrons. The Morgan fingerprint density at radius 1 is 1.02 bits per heavy atom. The molecule has 0 saturated carbocycles. The van der Waals surface area contributed by atoms with Crippen LogP contribution in [0.1, 0.15) is 88.0 Å². The minimum absolute atomic E-state index is 0.0438. The van der Waals surface area contributed by atoms with E-state index < -0.39 is 11.9 Å². The first-order valence-corrected chi connectivity index (χ1v) is 17.0. The Morgan fingerprint density at radius 2 is 1.69 bits per heavy atom. The van der Waals surface area contributed by atoms with Crippen LogP contribution in [0, 0.1) is 29.6 Å². The van der Waals surface area contributed by atoms with Crippen LogP contribution in [0.5, 0.6) is 0 Å². The van der Waals surface area contributed by atoms with Crippen LogP contribution in [-0.2, 0) is 33.3 Å². The first-order chi connectivity index (χ1) is 21.1. The Morgan fingerprint density at radius 3 is 2.24 bits per heavy atom. The molecule has 0 spiro atoms. The topological polar surface area (TPSA) is 83.5 Å². The van der Waals surface area contributed by atoms with Gasteiger partial charge in [0.1, 0.15) is 17.8 Å². The van der Waals surface area contributed by atoms with Crippen molar-refractivity contribution in [3.05, 3.63) is 36.5 Å². The van der Waals surface area contributed by atoms with Gasteiger partial charge >= 0.3 is 5.97 Å². The van der Waals surface area contributed by atoms with E-state index in [0.717, 1.165) is 12.0 Å². The normalized spacial score (nSPS) is 41.3. The van der Waals surface area contributed by atoms with Crippen LogP contribution in [0.25, 0.3) is 0 Å². The van der Waals surface area contributed by atoms with E-state index in [1.165, 1.54) is 0 Å². The van der Waals surface area contributed by atoms with Crippen LogP contribution < -0.4 is 0 Å². The second kappa shape index (κ2) is 17.9. The van der Waals surface area contributed by atoms with Gasteiger partial charge in [-0.25, -0.2) is 0 Å². The van der Waals surface area contributed by atoms with E-state index in [2.05, 4.69) is 73.2 Å². The van der Waals surface area contributed by atoms with Gasteiger partial charge in [0.05, 0.1) is 18.8 Å². The average Bonchev–Trinajstić information content (AvgIpc) is 2.99. The van der Waals surface area contributed by atoms with Crippen molar-refractivity contribution in [1.82, 2.24) is 4.90 Å². The zero-order valence-corrected chi connectivity index (χ0v) is 30.2. The third-order valence-electron chi connectivity index (χ3n) is 10.2. The molecule has 2 rings (SSSR count). The van der Waals surface area contributed by atoms with E-state index >= 15 is 0 Å². The van der Waals surface area contributed by atoms with Gasteiger partial charge in [-0.15, -0.1) is 6.58 Å². The molecular formula is C37H63NO7. The summed E-state index contributed by atoms with van der Waals surface area (Å²) < 4.78 is 31.8. The van der Waals surface area contributed by atoms with E-state index in [-0.39, 0.29) is 84.8 Å². The van der Waals surface area contributed by atoms with Crippen LogP contribution in [0.2, 0.25) is 0 Å². The maximum atomic E-state index is 13.8. The molecule has 8 heteroatoms. The zero-order chi connectivity index (χ0) is 34.1. The number of esters is 1. The van der Waals surface area contributed by atoms with E-state index in [9.17, 15) is 9.59 Å². The largest absolute Gasteiger partial charge is 0.462 e. The summed E-state index contributed by atoms with van der Waals surface area (Å²) in [7, 11) is 5.81. The van der Waals surface area contributed by atoms with Crippen molar-refractivity contribution in [3.8, 4) is 0 Å². The maximum Gasteiger partial charge on any atom is 0.306 e. The predicted molar refractivity (Wildman–Crippen MR) is 180 cm³/mol. The lowest BCUT2D eigenvalue weighted by Crippen LogP contribution is -2.60. The second-order valence-electron chi connectivity index (χ2n) is 14.0. The van der Waals surface area contributed by atoms with Crippen molar-refractivity contribution in [2.24, 2.45) is 29.6 Å². The number of carbonyl (C=O) groups is 2. The molecular weight excluding hydrogens is 570 g/mol. The quantitative estimate of drug-likeness (QED) is 0.203. The second-order valence-corrected chi connectivity index (χ2v) is 14.0. The van der Waals surface area contributed by atoms with Crippen molar-refractivity contribution in [3.63, 3.8) is 0 Å². The van der Waals surface area contributed by atoms with Gasteiger partial charge in [-0.1, -0.05) is 65.3 Å². The Bertz CT molecular complexity index is 1020. The Labute approximate surface area is 273 Å². The molecule has 0 N–H and O–H groups in total. The highest BCUT2D eigenvalue weighted by molar-refractivity contribution is 5.97. The van der Waals surface area contributed by atoms with Crippen LogP contribution >= 0.6 is 0 Å². The monoisotopic (exact) mass is 633 g/mol. The van der Waals surface area contributed by atoms with Crippen molar-refractivity contribution in [1.29, 1.82) is 0 Å². The number of cyclic esters (lactones) is 1. The highest BCUT2D eigenvalue weighted by Gasteiger charge is 2.47. The molecule has 1 saturated heterocycles. The van der Waals surface area contributed by atoms with Gasteiger partial charge in [0.15, 0.2) is 12.1 Å². The highest BCUT2D eigenvalue weighted by atomic mass is 16.7. The third-order valence-corrected chi connectivity index (χ3v) is 10.2. The fourth-order valence-corrected chi connectivity index (χ4v) is 7.14. The molecule has 258 valence electrons. The lowest BCUT2D eigenvalue weighted by molar-refractivity contribution is -0.298. The van der Waals surface area contributed by atoms with Gasteiger partial charge in [0.2, 0.25) is 0 Å². The van der Waals surface area contributed by atoms with Crippen molar-refractivity contribution >= 4 is 11.8 Å². The summed E-state index contributed by atoms with van der Waals surface area (Å²) in [6.45, 7) is 22.6. The number of likely N-dealkylation sites (N-methyl/N-ethyl adjacent to an activating group) is 1. The standard InChI is InChI=1S/C37H63NO7/c1-14-19-42-37(10)22-25(6)34(45-36-35(41-13)33(38(11)12)27(8)28(9)43-36)26(7)24(5)21-32(40)44-30(16-3)29(15-2)20-23(4)17-18-31(37)39/h14,17-18,20,24-30,33-36H,1,15-16,19,21-22H2,2-13H3/b18-17+,23-20+/t24-,25+,26+,27?,28?,29+,30-,33?,34+,35?,36?,37?/m1/s1. The molecule has 0 aromatic carbocycles. The molecule has 2 heterocycles. The van der Waals surface area contributed by atoms with Gasteiger partial charge in [-0.2, -0.15) is 0 Å². The summed E-state index contributed by atoms with van der Waals surface area (Å²) in [4.78, 5) is 29.4. The molecule has 6 unspecified atom stereocenters. The predicted octanol–water partition coefficient (Wildman–Crippen LogP) is 6.78. The molecule has 1 fully saturated rings. The molecule has 45 heavy (non-hydrogen) atoms. The summed E-state index contributed by atoms with van der Waals surface area (Å²) in [5.74, 6) is -0.323. The molecule has 2 aliphatic heterocycles. The summed E-state index contributed by atoms with van der Waals surface area (Å²) >= 11 is 0. The number of carbonyl (C=O) groups excluding carboxylic acids is 2. The van der Waals surface area contributed by atoms with Crippen LogP contribution in [-0.4, -0.2) is 86.8 Å². The number of hydrogen-bond acceptors (Lipinski definition) is 8. The summed E-state index contributed by atoms with van der Waals surface area (Å²) in [5.41, 5.74) is -0.165. The van der Waals surface area contributed by atoms with Crippen LogP contribution in [0.15, 0.2) is 36.5 Å². The number of methoxy groups -OCH3 is 1. The first-order valence-electron chi connectivity index (χ1n) is 17.0. The molecule has 0 aliphatic carbocycles. The summed E-state index contributed by atoms with van der Waals surface area (Å²) in [6.07, 6.45) is 7.79. The molecule has 0 aromatic heterocycles. The lowest BCUT2D eigenvalue weighted by Gasteiger charge is -2.48. The van der Waals surface area contributed by atoms with Crippen molar-refractivity contribution in [2.75, 3.05) is 27.8 Å². The highest BCUT2D eigenvalue weighted by Crippen LogP contribution is 2.38. The van der Waals surface area contributed by atoms with Gasteiger partial charge < -0.3 is 28.6 Å². The Balaban J connectivity index is 2.61. The fraction of sp³-hybridized carbons (Fsp3) is 0.784.